The Hall–Kier alpha value is -2.49. The van der Waals surface area contributed by atoms with Gasteiger partial charge in [-0.3, -0.25) is 4.79 Å². The van der Waals surface area contributed by atoms with Crippen LogP contribution in [0.3, 0.4) is 0 Å². The van der Waals surface area contributed by atoms with E-state index in [1.165, 1.54) is 0 Å². The number of nitrogen functional groups attached to an aromatic ring is 1. The zero-order valence-corrected chi connectivity index (χ0v) is 11.6. The summed E-state index contributed by atoms with van der Waals surface area (Å²) in [4.78, 5) is 12.0. The monoisotopic (exact) mass is 270 g/mol. The van der Waals surface area contributed by atoms with Gasteiger partial charge in [0.1, 0.15) is 5.75 Å². The second kappa shape index (κ2) is 6.10. The molecule has 1 atom stereocenters. The smallest absolute Gasteiger partial charge is 0.265 e. The van der Waals surface area contributed by atoms with E-state index >= 15 is 0 Å². The molecular weight excluding hydrogens is 252 g/mol. The predicted molar refractivity (Wildman–Crippen MR) is 80.8 cm³/mol. The fourth-order valence-corrected chi connectivity index (χ4v) is 1.74. The molecule has 0 spiro atoms. The number of amides is 1. The van der Waals surface area contributed by atoms with Crippen LogP contribution < -0.4 is 15.8 Å². The number of hydrogen-bond donors (Lipinski definition) is 2. The van der Waals surface area contributed by atoms with E-state index in [0.29, 0.717) is 17.1 Å². The van der Waals surface area contributed by atoms with E-state index in [9.17, 15) is 4.79 Å². The van der Waals surface area contributed by atoms with Crippen molar-refractivity contribution in [3.63, 3.8) is 0 Å². The number of aryl methyl sites for hydroxylation is 1. The van der Waals surface area contributed by atoms with E-state index in [4.69, 9.17) is 10.5 Å². The third-order valence-corrected chi connectivity index (χ3v) is 2.94. The molecule has 0 unspecified atom stereocenters. The van der Waals surface area contributed by atoms with Crippen LogP contribution in [0.2, 0.25) is 0 Å². The normalized spacial score (nSPS) is 11.7. The summed E-state index contributed by atoms with van der Waals surface area (Å²) in [7, 11) is 0. The van der Waals surface area contributed by atoms with Crippen LogP contribution in [0.15, 0.2) is 48.5 Å². The molecule has 1 amide bonds. The number of carbonyl (C=O) groups is 1. The van der Waals surface area contributed by atoms with Crippen LogP contribution in [-0.4, -0.2) is 12.0 Å². The van der Waals surface area contributed by atoms with Gasteiger partial charge in [-0.2, -0.15) is 0 Å². The van der Waals surface area contributed by atoms with Crippen LogP contribution in [0, 0.1) is 6.92 Å². The van der Waals surface area contributed by atoms with Crippen molar-refractivity contribution in [2.75, 3.05) is 11.1 Å². The molecule has 2 aromatic rings. The van der Waals surface area contributed by atoms with Crippen LogP contribution in [0.1, 0.15) is 12.5 Å². The molecule has 0 aromatic heterocycles. The van der Waals surface area contributed by atoms with Crippen LogP contribution in [0.25, 0.3) is 0 Å². The number of hydrogen-bond acceptors (Lipinski definition) is 3. The number of nitrogens with two attached hydrogens (primary N) is 1. The second-order valence-corrected chi connectivity index (χ2v) is 4.64. The molecule has 4 nitrogen and oxygen atoms in total. The standard InChI is InChI=1S/C16H18N2O2/c1-11-5-3-4-6-15(11)20-12(2)16(19)18-14-9-7-13(17)8-10-14/h3-10,12H,17H2,1-2H3,(H,18,19)/t12-/m1/s1. The first-order valence-electron chi connectivity index (χ1n) is 6.45. The van der Waals surface area contributed by atoms with E-state index in [-0.39, 0.29) is 5.91 Å². The lowest BCUT2D eigenvalue weighted by atomic mass is 10.2. The fourth-order valence-electron chi connectivity index (χ4n) is 1.74. The zero-order valence-electron chi connectivity index (χ0n) is 11.6. The van der Waals surface area contributed by atoms with E-state index in [2.05, 4.69) is 5.32 Å². The predicted octanol–water partition coefficient (Wildman–Crippen LogP) is 2.98. The molecule has 0 saturated heterocycles. The van der Waals surface area contributed by atoms with Crippen molar-refractivity contribution >= 4 is 17.3 Å². The number of ether oxygens (including phenoxy) is 1. The third-order valence-electron chi connectivity index (χ3n) is 2.94. The van der Waals surface area contributed by atoms with E-state index in [1.54, 1.807) is 31.2 Å². The van der Waals surface area contributed by atoms with Gasteiger partial charge in [0.05, 0.1) is 0 Å². The molecule has 0 aliphatic carbocycles. The largest absolute Gasteiger partial charge is 0.481 e. The molecule has 0 fully saturated rings. The Balaban J connectivity index is 1.99. The number of carbonyl (C=O) groups excluding carboxylic acids is 1. The Labute approximate surface area is 118 Å². The van der Waals surface area contributed by atoms with Gasteiger partial charge in [-0.05, 0) is 49.7 Å². The molecule has 3 N–H and O–H groups in total. The van der Waals surface area contributed by atoms with Crippen molar-refractivity contribution in [2.45, 2.75) is 20.0 Å². The van der Waals surface area contributed by atoms with Crippen molar-refractivity contribution in [1.82, 2.24) is 0 Å². The molecule has 0 heterocycles. The van der Waals surface area contributed by atoms with Gasteiger partial charge in [-0.1, -0.05) is 18.2 Å². The highest BCUT2D eigenvalue weighted by atomic mass is 16.5. The SMILES string of the molecule is Cc1ccccc1O[C@H](C)C(=O)Nc1ccc(N)cc1. The average Bonchev–Trinajstić information content (AvgIpc) is 2.44. The van der Waals surface area contributed by atoms with E-state index in [1.807, 2.05) is 31.2 Å². The summed E-state index contributed by atoms with van der Waals surface area (Å²) in [5, 5.41) is 2.79. The van der Waals surface area contributed by atoms with Gasteiger partial charge in [-0.25, -0.2) is 0 Å². The minimum Gasteiger partial charge on any atom is -0.481 e. The lowest BCUT2D eigenvalue weighted by Gasteiger charge is -2.16. The van der Waals surface area contributed by atoms with Crippen LogP contribution in [0.5, 0.6) is 5.75 Å². The second-order valence-electron chi connectivity index (χ2n) is 4.64. The first kappa shape index (κ1) is 13.9. The molecule has 2 rings (SSSR count). The molecule has 0 bridgehead atoms. The van der Waals surface area contributed by atoms with E-state index < -0.39 is 6.10 Å². The molecule has 2 aromatic carbocycles. The number of benzene rings is 2. The first-order chi connectivity index (χ1) is 9.56. The maximum Gasteiger partial charge on any atom is 0.265 e. The lowest BCUT2D eigenvalue weighted by molar-refractivity contribution is -0.122. The summed E-state index contributed by atoms with van der Waals surface area (Å²) in [6.07, 6.45) is -0.575. The Morgan fingerprint density at radius 1 is 1.15 bits per heavy atom. The van der Waals surface area contributed by atoms with Crippen molar-refractivity contribution < 1.29 is 9.53 Å². The fraction of sp³-hybridized carbons (Fsp3) is 0.188. The summed E-state index contributed by atoms with van der Waals surface area (Å²) in [6.45, 7) is 3.67. The van der Waals surface area contributed by atoms with Gasteiger partial charge in [-0.15, -0.1) is 0 Å². The molecule has 20 heavy (non-hydrogen) atoms. The van der Waals surface area contributed by atoms with E-state index in [0.717, 1.165) is 5.56 Å². The van der Waals surface area contributed by atoms with Gasteiger partial charge >= 0.3 is 0 Å². The first-order valence-corrected chi connectivity index (χ1v) is 6.45. The van der Waals surface area contributed by atoms with Crippen LogP contribution in [-0.2, 0) is 4.79 Å². The summed E-state index contributed by atoms with van der Waals surface area (Å²) in [5.41, 5.74) is 7.96. The Morgan fingerprint density at radius 3 is 2.45 bits per heavy atom. The zero-order chi connectivity index (χ0) is 14.5. The Morgan fingerprint density at radius 2 is 1.80 bits per heavy atom. The summed E-state index contributed by atoms with van der Waals surface area (Å²) < 4.78 is 5.67. The lowest BCUT2D eigenvalue weighted by Crippen LogP contribution is -2.30. The molecule has 0 aliphatic rings. The number of anilines is 2. The van der Waals surface area contributed by atoms with Gasteiger partial charge in [0.15, 0.2) is 6.10 Å². The van der Waals surface area contributed by atoms with Crippen LogP contribution >= 0.6 is 0 Å². The average molecular weight is 270 g/mol. The van der Waals surface area contributed by atoms with Crippen molar-refractivity contribution in [2.24, 2.45) is 0 Å². The summed E-state index contributed by atoms with van der Waals surface area (Å²) in [6, 6.07) is 14.6. The highest BCUT2D eigenvalue weighted by Gasteiger charge is 2.15. The maximum absolute atomic E-state index is 12.0. The minimum absolute atomic E-state index is 0.196. The topological polar surface area (TPSA) is 64.3 Å². The van der Waals surface area contributed by atoms with Gasteiger partial charge in [0.2, 0.25) is 0 Å². The van der Waals surface area contributed by atoms with Gasteiger partial charge in [0, 0.05) is 11.4 Å². The Kier molecular flexibility index (Phi) is 4.25. The molecule has 0 aliphatic heterocycles. The maximum atomic E-state index is 12.0. The summed E-state index contributed by atoms with van der Waals surface area (Å²) >= 11 is 0. The highest BCUT2D eigenvalue weighted by molar-refractivity contribution is 5.94. The minimum atomic E-state index is -0.575. The van der Waals surface area contributed by atoms with Gasteiger partial charge < -0.3 is 15.8 Å². The highest BCUT2D eigenvalue weighted by Crippen LogP contribution is 2.18. The number of nitrogens with one attached hydrogen (secondary N) is 1. The van der Waals surface area contributed by atoms with Crippen molar-refractivity contribution in [3.05, 3.63) is 54.1 Å². The molecule has 0 radical (unpaired) electrons. The van der Waals surface area contributed by atoms with Crippen molar-refractivity contribution in [1.29, 1.82) is 0 Å². The van der Waals surface area contributed by atoms with Crippen LogP contribution in [0.4, 0.5) is 11.4 Å². The van der Waals surface area contributed by atoms with Gasteiger partial charge in [0.25, 0.3) is 5.91 Å². The van der Waals surface area contributed by atoms with Crippen molar-refractivity contribution in [3.8, 4) is 5.75 Å². The Bertz CT molecular complexity index is 594. The molecular formula is C16H18N2O2. The third kappa shape index (κ3) is 3.51. The number of rotatable bonds is 4. The molecule has 0 saturated carbocycles. The molecule has 4 heteroatoms. The summed E-state index contributed by atoms with van der Waals surface area (Å²) in [5.74, 6) is 0.519. The number of para-hydroxylation sites is 1. The molecule has 104 valence electrons. The quantitative estimate of drug-likeness (QED) is 0.839.